The van der Waals surface area contributed by atoms with Crippen LogP contribution in [0.15, 0.2) is 239 Å². The first-order chi connectivity index (χ1) is 34.2. The molecule has 14 aromatic rings. The van der Waals surface area contributed by atoms with Gasteiger partial charge in [0.2, 0.25) is 0 Å². The molecule has 0 aliphatic heterocycles. The summed E-state index contributed by atoms with van der Waals surface area (Å²) < 4.78 is 15.8. The lowest BCUT2D eigenvalue weighted by Gasteiger charge is -2.10. The summed E-state index contributed by atoms with van der Waals surface area (Å²) in [6, 6.07) is 80.4. The fourth-order valence-corrected chi connectivity index (χ4v) is 10.2. The second kappa shape index (κ2) is 15.6. The van der Waals surface area contributed by atoms with E-state index in [1.54, 1.807) is 0 Å². The number of hydrogen-bond donors (Lipinski definition) is 0. The minimum atomic E-state index is 0.609. The topological polar surface area (TPSA) is 69.9 Å². The second-order valence-electron chi connectivity index (χ2n) is 17.5. The van der Waals surface area contributed by atoms with Crippen LogP contribution in [-0.2, 0) is 0 Å². The highest BCUT2D eigenvalue weighted by Crippen LogP contribution is 2.43. The SMILES string of the molecule is c1ccc(-c2ccc3c(c2)c2ccccc2n3-c2ccc3oc4cc(-c5cccc6c5oc5cccc(-c7cccc(-c8nc(-c9ccccc9)nc(-c9ccccc9)n8)c7)c56)ccc4c3c2)cc1. The third kappa shape index (κ3) is 6.45. The monoisotopic (exact) mass is 882 g/mol. The molecule has 4 heterocycles. The second-order valence-corrected chi connectivity index (χ2v) is 17.5. The number of hydrogen-bond acceptors (Lipinski definition) is 5. The average Bonchev–Trinajstić information content (AvgIpc) is 4.10. The van der Waals surface area contributed by atoms with Crippen LogP contribution in [0.3, 0.4) is 0 Å². The van der Waals surface area contributed by atoms with Gasteiger partial charge in [-0.25, -0.2) is 15.0 Å². The number of fused-ring (bicyclic) bond motifs is 9. The zero-order valence-electron chi connectivity index (χ0n) is 37.0. The first kappa shape index (κ1) is 38.8. The summed E-state index contributed by atoms with van der Waals surface area (Å²) in [7, 11) is 0. The van der Waals surface area contributed by atoms with Crippen molar-refractivity contribution in [2.45, 2.75) is 0 Å². The minimum absolute atomic E-state index is 0.609. The van der Waals surface area contributed by atoms with Crippen LogP contribution in [-0.4, -0.2) is 19.5 Å². The lowest BCUT2D eigenvalue weighted by atomic mass is 9.96. The van der Waals surface area contributed by atoms with Gasteiger partial charge in [-0.2, -0.15) is 0 Å². The zero-order chi connectivity index (χ0) is 45.4. The third-order valence-corrected chi connectivity index (χ3v) is 13.5. The molecule has 322 valence electrons. The summed E-state index contributed by atoms with van der Waals surface area (Å²) in [5, 5.41) is 6.67. The van der Waals surface area contributed by atoms with Crippen molar-refractivity contribution < 1.29 is 8.83 Å². The molecule has 0 N–H and O–H groups in total. The van der Waals surface area contributed by atoms with Crippen molar-refractivity contribution in [3.8, 4) is 73.2 Å². The van der Waals surface area contributed by atoms with Gasteiger partial charge in [-0.05, 0) is 88.5 Å². The normalized spacial score (nSPS) is 11.8. The number of benzene rings is 10. The highest BCUT2D eigenvalue weighted by molar-refractivity contribution is 6.16. The van der Waals surface area contributed by atoms with E-state index in [9.17, 15) is 0 Å². The molecule has 4 aromatic heterocycles. The van der Waals surface area contributed by atoms with Gasteiger partial charge in [-0.3, -0.25) is 0 Å². The average molecular weight is 883 g/mol. The predicted molar refractivity (Wildman–Crippen MR) is 281 cm³/mol. The molecule has 0 spiro atoms. The van der Waals surface area contributed by atoms with E-state index in [0.717, 1.165) is 94.0 Å². The Hall–Kier alpha value is -9.39. The summed E-state index contributed by atoms with van der Waals surface area (Å²) in [5.74, 6) is 1.86. The molecular formula is C63H38N4O2. The summed E-state index contributed by atoms with van der Waals surface area (Å²) >= 11 is 0. The molecule has 14 rings (SSSR count). The van der Waals surface area contributed by atoms with Crippen molar-refractivity contribution in [1.82, 2.24) is 19.5 Å². The Labute approximate surface area is 396 Å². The Morgan fingerprint density at radius 2 is 0.884 bits per heavy atom. The van der Waals surface area contributed by atoms with Crippen LogP contribution in [0.5, 0.6) is 0 Å². The maximum atomic E-state index is 6.81. The Morgan fingerprint density at radius 3 is 1.67 bits per heavy atom. The van der Waals surface area contributed by atoms with Crippen LogP contribution in [0.2, 0.25) is 0 Å². The van der Waals surface area contributed by atoms with Gasteiger partial charge in [0, 0.05) is 60.3 Å². The molecule has 0 bridgehead atoms. The van der Waals surface area contributed by atoms with Crippen molar-refractivity contribution >= 4 is 65.7 Å². The molecular weight excluding hydrogens is 845 g/mol. The maximum absolute atomic E-state index is 6.81. The number of para-hydroxylation sites is 2. The van der Waals surface area contributed by atoms with Crippen molar-refractivity contribution in [3.63, 3.8) is 0 Å². The van der Waals surface area contributed by atoms with Crippen LogP contribution in [0.1, 0.15) is 0 Å². The van der Waals surface area contributed by atoms with Crippen LogP contribution >= 0.6 is 0 Å². The van der Waals surface area contributed by atoms with E-state index in [1.807, 2.05) is 60.7 Å². The lowest BCUT2D eigenvalue weighted by Crippen LogP contribution is -2.00. The van der Waals surface area contributed by atoms with Crippen molar-refractivity contribution in [2.75, 3.05) is 0 Å². The lowest BCUT2D eigenvalue weighted by molar-refractivity contribution is 0.668. The standard InChI is InChI=1S/C63H38N4O2/c1-4-15-39(16-5-1)42-30-33-55-52(36-42)49-23-10-11-27-54(49)67(55)46-31-34-56-53(38-46)50-32-29-44(37-58(50)68-56)48-25-13-26-51-59-47(24-14-28-57(59)69-60(48)51)43-21-12-22-45(35-43)63-65-61(40-17-6-2-7-18-40)64-62(66-63)41-19-8-3-9-20-41/h1-38H. The minimum Gasteiger partial charge on any atom is -0.456 e. The number of aromatic nitrogens is 4. The van der Waals surface area contributed by atoms with Gasteiger partial charge < -0.3 is 13.4 Å². The molecule has 0 aliphatic rings. The predicted octanol–water partition coefficient (Wildman–Crippen LogP) is 16.8. The smallest absolute Gasteiger partial charge is 0.164 e. The van der Waals surface area contributed by atoms with Crippen LogP contribution < -0.4 is 0 Å². The molecule has 0 saturated carbocycles. The van der Waals surface area contributed by atoms with Gasteiger partial charge in [-0.1, -0.05) is 170 Å². The van der Waals surface area contributed by atoms with E-state index >= 15 is 0 Å². The summed E-state index contributed by atoms with van der Waals surface area (Å²) in [5.41, 5.74) is 16.0. The first-order valence-electron chi connectivity index (χ1n) is 23.2. The largest absolute Gasteiger partial charge is 0.456 e. The van der Waals surface area contributed by atoms with E-state index in [4.69, 9.17) is 23.8 Å². The number of nitrogens with zero attached hydrogens (tertiary/aromatic N) is 4. The van der Waals surface area contributed by atoms with E-state index in [2.05, 4.69) is 174 Å². The molecule has 0 aliphatic carbocycles. The molecule has 69 heavy (non-hydrogen) atoms. The van der Waals surface area contributed by atoms with Gasteiger partial charge >= 0.3 is 0 Å². The molecule has 6 heteroatoms. The van der Waals surface area contributed by atoms with Crippen molar-refractivity contribution in [1.29, 1.82) is 0 Å². The summed E-state index contributed by atoms with van der Waals surface area (Å²) in [6.07, 6.45) is 0. The fraction of sp³-hybridized carbons (Fsp3) is 0. The van der Waals surface area contributed by atoms with Crippen molar-refractivity contribution in [2.24, 2.45) is 0 Å². The van der Waals surface area contributed by atoms with E-state index < -0.39 is 0 Å². The Bertz CT molecular complexity index is 4250. The van der Waals surface area contributed by atoms with Crippen LogP contribution in [0.25, 0.3) is 139 Å². The van der Waals surface area contributed by atoms with Gasteiger partial charge in [-0.15, -0.1) is 0 Å². The number of furan rings is 2. The first-order valence-corrected chi connectivity index (χ1v) is 23.2. The Balaban J connectivity index is 0.848. The van der Waals surface area contributed by atoms with E-state index in [1.165, 1.54) is 27.4 Å². The van der Waals surface area contributed by atoms with Gasteiger partial charge in [0.1, 0.15) is 22.3 Å². The third-order valence-electron chi connectivity index (χ3n) is 13.5. The molecule has 10 aromatic carbocycles. The highest BCUT2D eigenvalue weighted by Gasteiger charge is 2.20. The highest BCUT2D eigenvalue weighted by atomic mass is 16.3. The van der Waals surface area contributed by atoms with Gasteiger partial charge in [0.15, 0.2) is 17.5 Å². The van der Waals surface area contributed by atoms with Crippen LogP contribution in [0.4, 0.5) is 0 Å². The van der Waals surface area contributed by atoms with Crippen molar-refractivity contribution in [3.05, 3.63) is 231 Å². The summed E-state index contributed by atoms with van der Waals surface area (Å²) in [6.45, 7) is 0. The van der Waals surface area contributed by atoms with Gasteiger partial charge in [0.05, 0.1) is 11.0 Å². The quantitative estimate of drug-likeness (QED) is 0.159. The van der Waals surface area contributed by atoms with E-state index in [0.29, 0.717) is 17.5 Å². The molecule has 0 saturated heterocycles. The molecule has 6 nitrogen and oxygen atoms in total. The molecule has 0 unspecified atom stereocenters. The molecule has 0 amide bonds. The van der Waals surface area contributed by atoms with Crippen LogP contribution in [0, 0.1) is 0 Å². The zero-order valence-corrected chi connectivity index (χ0v) is 37.0. The maximum Gasteiger partial charge on any atom is 0.164 e. The van der Waals surface area contributed by atoms with E-state index in [-0.39, 0.29) is 0 Å². The Kier molecular flexibility index (Phi) is 8.79. The van der Waals surface area contributed by atoms with Gasteiger partial charge in [0.25, 0.3) is 0 Å². The molecule has 0 radical (unpaired) electrons. The number of rotatable bonds is 7. The molecule has 0 fully saturated rings. The summed E-state index contributed by atoms with van der Waals surface area (Å²) in [4.78, 5) is 14.9. The Morgan fingerprint density at radius 1 is 0.290 bits per heavy atom. The molecule has 0 atom stereocenters. The fourth-order valence-electron chi connectivity index (χ4n) is 10.2.